The van der Waals surface area contributed by atoms with Gasteiger partial charge in [-0.2, -0.15) is 0 Å². The third kappa shape index (κ3) is 5.27. The van der Waals surface area contributed by atoms with Gasteiger partial charge in [0.1, 0.15) is 11.9 Å². The summed E-state index contributed by atoms with van der Waals surface area (Å²) in [5.41, 5.74) is 0. The van der Waals surface area contributed by atoms with E-state index < -0.39 is 0 Å². The molecule has 0 amide bonds. The number of aliphatic imine (C=N–C) groups is 1. The molecule has 26 heavy (non-hydrogen) atoms. The summed E-state index contributed by atoms with van der Waals surface area (Å²) < 4.78 is 5.94. The van der Waals surface area contributed by atoms with E-state index in [1.807, 2.05) is 38.2 Å². The van der Waals surface area contributed by atoms with Crippen molar-refractivity contribution in [1.29, 1.82) is 0 Å². The number of hydrogen-bond acceptors (Lipinski definition) is 3. The molecule has 2 saturated heterocycles. The summed E-state index contributed by atoms with van der Waals surface area (Å²) in [6, 6.07) is 7.59. The van der Waals surface area contributed by atoms with Gasteiger partial charge in [-0.25, -0.2) is 0 Å². The van der Waals surface area contributed by atoms with Crippen LogP contribution in [-0.2, 0) is 0 Å². The lowest BCUT2D eigenvalue weighted by atomic mass is 10.1. The van der Waals surface area contributed by atoms with Gasteiger partial charge in [-0.15, -0.1) is 0 Å². The number of halogens is 1. The molecule has 0 radical (unpaired) electrons. The van der Waals surface area contributed by atoms with E-state index in [4.69, 9.17) is 16.3 Å². The zero-order chi connectivity index (χ0) is 18.4. The highest BCUT2D eigenvalue weighted by Gasteiger charge is 2.27. The van der Waals surface area contributed by atoms with Crippen LogP contribution >= 0.6 is 11.6 Å². The van der Waals surface area contributed by atoms with Crippen LogP contribution in [0.25, 0.3) is 0 Å². The second-order valence-electron chi connectivity index (χ2n) is 7.40. The second kappa shape index (κ2) is 9.47. The van der Waals surface area contributed by atoms with Crippen LogP contribution in [0, 0.1) is 5.92 Å². The molecule has 1 N–H and O–H groups in total. The number of guanidine groups is 1. The normalized spacial score (nSPS) is 22.7. The quantitative estimate of drug-likeness (QED) is 0.610. The van der Waals surface area contributed by atoms with Crippen LogP contribution in [0.3, 0.4) is 0 Å². The van der Waals surface area contributed by atoms with Crippen molar-refractivity contribution in [3.63, 3.8) is 0 Å². The van der Waals surface area contributed by atoms with Crippen molar-refractivity contribution < 1.29 is 4.74 Å². The molecule has 0 aromatic heterocycles. The Hall–Kier alpha value is -1.46. The summed E-state index contributed by atoms with van der Waals surface area (Å²) in [5, 5.41) is 4.11. The van der Waals surface area contributed by atoms with Gasteiger partial charge in [0.2, 0.25) is 0 Å². The topological polar surface area (TPSA) is 40.1 Å². The Morgan fingerprint density at radius 2 is 2.08 bits per heavy atom. The predicted molar refractivity (Wildman–Crippen MR) is 108 cm³/mol. The molecule has 0 spiro atoms. The van der Waals surface area contributed by atoms with Crippen molar-refractivity contribution >= 4 is 17.6 Å². The maximum atomic E-state index is 6.17. The van der Waals surface area contributed by atoms with E-state index in [1.54, 1.807) is 0 Å². The van der Waals surface area contributed by atoms with E-state index in [2.05, 4.69) is 20.1 Å². The molecule has 2 atom stereocenters. The van der Waals surface area contributed by atoms with Gasteiger partial charge in [-0.05, 0) is 57.3 Å². The Balaban J connectivity index is 1.43. The summed E-state index contributed by atoms with van der Waals surface area (Å²) in [7, 11) is 1.86. The van der Waals surface area contributed by atoms with Crippen molar-refractivity contribution in [1.82, 2.24) is 15.1 Å². The maximum absolute atomic E-state index is 6.17. The van der Waals surface area contributed by atoms with Crippen LogP contribution in [0.15, 0.2) is 29.3 Å². The minimum Gasteiger partial charge on any atom is -0.487 e. The number of likely N-dealkylation sites (tertiary alicyclic amines) is 2. The Bertz CT molecular complexity index is 603. The molecule has 0 aliphatic carbocycles. The molecular formula is C20H31ClN4O. The SMILES string of the molecule is CN=C(NCC(C)Oc1ccccc1Cl)N1CCC(CN2CCCC2)C1. The molecule has 5 nitrogen and oxygen atoms in total. The van der Waals surface area contributed by atoms with Crippen molar-refractivity contribution in [3.05, 3.63) is 29.3 Å². The smallest absolute Gasteiger partial charge is 0.193 e. The number of nitrogens with one attached hydrogen (secondary N) is 1. The molecule has 2 aliphatic heterocycles. The number of hydrogen-bond donors (Lipinski definition) is 1. The van der Waals surface area contributed by atoms with E-state index in [-0.39, 0.29) is 6.10 Å². The first kappa shape index (κ1) is 19.3. The molecule has 3 rings (SSSR count). The van der Waals surface area contributed by atoms with Crippen LogP contribution in [0.1, 0.15) is 26.2 Å². The first-order valence-corrected chi connectivity index (χ1v) is 10.1. The maximum Gasteiger partial charge on any atom is 0.193 e. The molecule has 2 aliphatic rings. The van der Waals surface area contributed by atoms with Gasteiger partial charge in [0.05, 0.1) is 11.6 Å². The van der Waals surface area contributed by atoms with Gasteiger partial charge in [-0.1, -0.05) is 23.7 Å². The van der Waals surface area contributed by atoms with E-state index >= 15 is 0 Å². The Kier molecular flexibility index (Phi) is 7.03. The highest BCUT2D eigenvalue weighted by molar-refractivity contribution is 6.32. The zero-order valence-corrected chi connectivity index (χ0v) is 16.7. The van der Waals surface area contributed by atoms with Gasteiger partial charge in [0.15, 0.2) is 5.96 Å². The third-order valence-corrected chi connectivity index (χ3v) is 5.54. The van der Waals surface area contributed by atoms with Gasteiger partial charge in [-0.3, -0.25) is 4.99 Å². The number of rotatable bonds is 6. The lowest BCUT2D eigenvalue weighted by molar-refractivity contribution is 0.222. The van der Waals surface area contributed by atoms with Crippen LogP contribution in [0.4, 0.5) is 0 Å². The number of para-hydroxylation sites is 1. The summed E-state index contributed by atoms with van der Waals surface area (Å²) in [4.78, 5) is 9.46. The van der Waals surface area contributed by atoms with Gasteiger partial charge >= 0.3 is 0 Å². The fourth-order valence-electron chi connectivity index (χ4n) is 3.87. The molecule has 1 aromatic rings. The summed E-state index contributed by atoms with van der Waals surface area (Å²) in [6.45, 7) is 8.71. The molecular weight excluding hydrogens is 348 g/mol. The van der Waals surface area contributed by atoms with E-state index in [0.717, 1.165) is 30.7 Å². The number of benzene rings is 1. The summed E-state index contributed by atoms with van der Waals surface area (Å²) in [5.74, 6) is 2.46. The average molecular weight is 379 g/mol. The summed E-state index contributed by atoms with van der Waals surface area (Å²) >= 11 is 6.17. The second-order valence-corrected chi connectivity index (χ2v) is 7.80. The Morgan fingerprint density at radius 1 is 1.31 bits per heavy atom. The van der Waals surface area contributed by atoms with Crippen molar-refractivity contribution in [2.75, 3.05) is 46.3 Å². The zero-order valence-electron chi connectivity index (χ0n) is 16.0. The molecule has 0 bridgehead atoms. The molecule has 2 fully saturated rings. The van der Waals surface area contributed by atoms with Crippen LogP contribution < -0.4 is 10.1 Å². The van der Waals surface area contributed by atoms with Crippen LogP contribution in [0.2, 0.25) is 5.02 Å². The van der Waals surface area contributed by atoms with Crippen LogP contribution in [-0.4, -0.2) is 68.2 Å². The fraction of sp³-hybridized carbons (Fsp3) is 0.650. The van der Waals surface area contributed by atoms with Gasteiger partial charge in [0, 0.05) is 26.7 Å². The van der Waals surface area contributed by atoms with E-state index in [0.29, 0.717) is 11.6 Å². The Labute approximate surface area is 162 Å². The standard InChI is InChI=1S/C20H31ClN4O/c1-16(26-19-8-4-3-7-18(19)21)13-23-20(22-2)25-12-9-17(15-25)14-24-10-5-6-11-24/h3-4,7-8,16-17H,5-6,9-15H2,1-2H3,(H,22,23). The molecule has 6 heteroatoms. The highest BCUT2D eigenvalue weighted by atomic mass is 35.5. The predicted octanol–water partition coefficient (Wildman–Crippen LogP) is 3.10. The number of nitrogens with zero attached hydrogens (tertiary/aromatic N) is 3. The van der Waals surface area contributed by atoms with Gasteiger partial charge in [0.25, 0.3) is 0 Å². The first-order valence-electron chi connectivity index (χ1n) is 9.75. The Morgan fingerprint density at radius 3 is 2.81 bits per heavy atom. The van der Waals surface area contributed by atoms with E-state index in [1.165, 1.54) is 38.9 Å². The first-order chi connectivity index (χ1) is 12.7. The highest BCUT2D eigenvalue weighted by Crippen LogP contribution is 2.24. The van der Waals surface area contributed by atoms with Crippen molar-refractivity contribution in [3.8, 4) is 5.75 Å². The lowest BCUT2D eigenvalue weighted by Crippen LogP contribution is -2.44. The lowest BCUT2D eigenvalue weighted by Gasteiger charge is -2.24. The van der Waals surface area contributed by atoms with Crippen molar-refractivity contribution in [2.45, 2.75) is 32.3 Å². The van der Waals surface area contributed by atoms with Gasteiger partial charge < -0.3 is 19.9 Å². The number of ether oxygens (including phenoxy) is 1. The minimum absolute atomic E-state index is 0.00894. The van der Waals surface area contributed by atoms with Crippen LogP contribution in [0.5, 0.6) is 5.75 Å². The monoisotopic (exact) mass is 378 g/mol. The molecule has 1 aromatic carbocycles. The molecule has 144 valence electrons. The molecule has 2 unspecified atom stereocenters. The minimum atomic E-state index is 0.00894. The summed E-state index contributed by atoms with van der Waals surface area (Å²) in [6.07, 6.45) is 3.99. The molecule has 2 heterocycles. The largest absolute Gasteiger partial charge is 0.487 e. The van der Waals surface area contributed by atoms with Crippen molar-refractivity contribution in [2.24, 2.45) is 10.9 Å². The molecule has 0 saturated carbocycles. The fourth-order valence-corrected chi connectivity index (χ4v) is 4.05. The van der Waals surface area contributed by atoms with E-state index in [9.17, 15) is 0 Å². The third-order valence-electron chi connectivity index (χ3n) is 5.22. The average Bonchev–Trinajstić information content (AvgIpc) is 3.30.